The van der Waals surface area contributed by atoms with Crippen molar-refractivity contribution in [2.24, 2.45) is 5.92 Å². The Labute approximate surface area is 164 Å². The van der Waals surface area contributed by atoms with Crippen LogP contribution < -0.4 is 9.47 Å². The summed E-state index contributed by atoms with van der Waals surface area (Å²) in [6, 6.07) is 8.01. The van der Waals surface area contributed by atoms with Gasteiger partial charge in [0.15, 0.2) is 11.5 Å². The Morgan fingerprint density at radius 2 is 1.81 bits per heavy atom. The van der Waals surface area contributed by atoms with Crippen LogP contribution in [0.15, 0.2) is 18.2 Å². The number of hydrogen-bond donors (Lipinski definition) is 0. The lowest BCUT2D eigenvalue weighted by atomic mass is 9.78. The highest BCUT2D eigenvalue weighted by Crippen LogP contribution is 2.38. The summed E-state index contributed by atoms with van der Waals surface area (Å²) in [5.74, 6) is 2.60. The summed E-state index contributed by atoms with van der Waals surface area (Å²) in [4.78, 5) is 5.59. The Bertz CT molecular complexity index is 614. The maximum absolute atomic E-state index is 5.82. The standard InChI is InChI=1S/C23H36N2O2/c1-3-27-22-16-18(11-12-21(22)26-2)17-25-15-14-24-13-7-10-20(24)23(25)19-8-5-4-6-9-19/h11-12,16,19-20,23H,3-10,13-15,17H2,1-2H3. The molecule has 2 saturated heterocycles. The van der Waals surface area contributed by atoms with Crippen LogP contribution in [0.4, 0.5) is 0 Å². The highest BCUT2D eigenvalue weighted by Gasteiger charge is 2.42. The molecule has 4 rings (SSSR count). The highest BCUT2D eigenvalue weighted by molar-refractivity contribution is 5.43. The molecule has 150 valence electrons. The van der Waals surface area contributed by atoms with Crippen LogP contribution in [-0.4, -0.2) is 55.2 Å². The van der Waals surface area contributed by atoms with Gasteiger partial charge in [-0.05, 0) is 62.8 Å². The first-order chi connectivity index (χ1) is 13.3. The summed E-state index contributed by atoms with van der Waals surface area (Å²) in [5.41, 5.74) is 1.35. The van der Waals surface area contributed by atoms with Gasteiger partial charge in [-0.2, -0.15) is 0 Å². The smallest absolute Gasteiger partial charge is 0.161 e. The molecule has 27 heavy (non-hydrogen) atoms. The minimum atomic E-state index is 0.672. The number of rotatable bonds is 6. The Hall–Kier alpha value is -1.26. The van der Waals surface area contributed by atoms with E-state index in [1.54, 1.807) is 7.11 Å². The van der Waals surface area contributed by atoms with Gasteiger partial charge >= 0.3 is 0 Å². The van der Waals surface area contributed by atoms with Gasteiger partial charge < -0.3 is 9.47 Å². The molecule has 1 aromatic carbocycles. The molecule has 2 atom stereocenters. The third kappa shape index (κ3) is 4.12. The molecule has 4 heteroatoms. The lowest BCUT2D eigenvalue weighted by Gasteiger charge is -2.49. The average Bonchev–Trinajstić information content (AvgIpc) is 3.18. The van der Waals surface area contributed by atoms with Crippen molar-refractivity contribution in [2.45, 2.75) is 70.5 Å². The van der Waals surface area contributed by atoms with Gasteiger partial charge in [0.05, 0.1) is 13.7 Å². The topological polar surface area (TPSA) is 24.9 Å². The second kappa shape index (κ2) is 8.83. The predicted octanol–water partition coefficient (Wildman–Crippen LogP) is 4.32. The zero-order valence-corrected chi connectivity index (χ0v) is 17.2. The van der Waals surface area contributed by atoms with Crippen LogP contribution in [0.5, 0.6) is 11.5 Å². The van der Waals surface area contributed by atoms with E-state index in [-0.39, 0.29) is 0 Å². The zero-order valence-electron chi connectivity index (χ0n) is 17.2. The molecule has 4 nitrogen and oxygen atoms in total. The summed E-state index contributed by atoms with van der Waals surface area (Å²) in [6.45, 7) is 7.50. The van der Waals surface area contributed by atoms with Gasteiger partial charge in [0.1, 0.15) is 0 Å². The molecular weight excluding hydrogens is 336 g/mol. The summed E-state index contributed by atoms with van der Waals surface area (Å²) < 4.78 is 11.3. The van der Waals surface area contributed by atoms with E-state index in [0.29, 0.717) is 6.61 Å². The van der Waals surface area contributed by atoms with Gasteiger partial charge in [-0.25, -0.2) is 0 Å². The number of piperazine rings is 1. The molecule has 1 saturated carbocycles. The number of fused-ring (bicyclic) bond motifs is 1. The van der Waals surface area contributed by atoms with Crippen molar-refractivity contribution >= 4 is 0 Å². The Morgan fingerprint density at radius 1 is 0.963 bits per heavy atom. The van der Waals surface area contributed by atoms with Crippen LogP contribution >= 0.6 is 0 Å². The number of benzene rings is 1. The van der Waals surface area contributed by atoms with E-state index < -0.39 is 0 Å². The van der Waals surface area contributed by atoms with E-state index in [9.17, 15) is 0 Å². The van der Waals surface area contributed by atoms with E-state index in [2.05, 4.69) is 28.0 Å². The number of nitrogens with zero attached hydrogens (tertiary/aromatic N) is 2. The molecule has 0 aromatic heterocycles. The second-order valence-corrected chi connectivity index (χ2v) is 8.52. The normalized spacial score (nSPS) is 27.5. The van der Waals surface area contributed by atoms with Gasteiger partial charge in [0.2, 0.25) is 0 Å². The molecule has 0 amide bonds. The number of ether oxygens (including phenoxy) is 2. The SMILES string of the molecule is CCOc1cc(CN2CCN3CCCC3C2C2CCCCC2)ccc1OC. The van der Waals surface area contributed by atoms with E-state index >= 15 is 0 Å². The van der Waals surface area contributed by atoms with Gasteiger partial charge in [0.25, 0.3) is 0 Å². The molecule has 0 N–H and O–H groups in total. The first-order valence-corrected chi connectivity index (χ1v) is 11.1. The largest absolute Gasteiger partial charge is 0.493 e. The zero-order chi connectivity index (χ0) is 18.6. The van der Waals surface area contributed by atoms with Crippen molar-refractivity contribution in [2.75, 3.05) is 33.4 Å². The van der Waals surface area contributed by atoms with Crippen molar-refractivity contribution in [3.63, 3.8) is 0 Å². The average molecular weight is 373 g/mol. The minimum Gasteiger partial charge on any atom is -0.493 e. The van der Waals surface area contributed by atoms with E-state index in [0.717, 1.165) is 36.0 Å². The highest BCUT2D eigenvalue weighted by atomic mass is 16.5. The van der Waals surface area contributed by atoms with Crippen molar-refractivity contribution in [3.8, 4) is 11.5 Å². The van der Waals surface area contributed by atoms with Crippen molar-refractivity contribution in [3.05, 3.63) is 23.8 Å². The second-order valence-electron chi connectivity index (χ2n) is 8.52. The van der Waals surface area contributed by atoms with Crippen LogP contribution in [0.2, 0.25) is 0 Å². The number of methoxy groups -OCH3 is 1. The molecule has 0 radical (unpaired) electrons. The van der Waals surface area contributed by atoms with Gasteiger partial charge in [-0.15, -0.1) is 0 Å². The fraction of sp³-hybridized carbons (Fsp3) is 0.739. The monoisotopic (exact) mass is 372 g/mol. The Morgan fingerprint density at radius 3 is 2.59 bits per heavy atom. The molecule has 1 aliphatic carbocycles. The molecule has 2 heterocycles. The fourth-order valence-electron chi connectivity index (χ4n) is 5.76. The van der Waals surface area contributed by atoms with Gasteiger partial charge in [-0.3, -0.25) is 9.80 Å². The molecule has 2 unspecified atom stereocenters. The van der Waals surface area contributed by atoms with Crippen LogP contribution in [0.1, 0.15) is 57.4 Å². The Kier molecular flexibility index (Phi) is 6.24. The van der Waals surface area contributed by atoms with E-state index in [4.69, 9.17) is 9.47 Å². The van der Waals surface area contributed by atoms with Gasteiger partial charge in [0, 0.05) is 31.7 Å². The van der Waals surface area contributed by atoms with E-state index in [1.807, 2.05) is 6.92 Å². The van der Waals surface area contributed by atoms with Crippen molar-refractivity contribution in [1.82, 2.24) is 9.80 Å². The predicted molar refractivity (Wildman–Crippen MR) is 110 cm³/mol. The van der Waals surface area contributed by atoms with Crippen molar-refractivity contribution in [1.29, 1.82) is 0 Å². The maximum atomic E-state index is 5.82. The molecular formula is C23H36N2O2. The third-order valence-electron chi connectivity index (χ3n) is 6.95. The van der Waals surface area contributed by atoms with Crippen LogP contribution in [0, 0.1) is 5.92 Å². The lowest BCUT2D eigenvalue weighted by molar-refractivity contribution is -0.00383. The van der Waals surface area contributed by atoms with Gasteiger partial charge in [-0.1, -0.05) is 25.3 Å². The third-order valence-corrected chi connectivity index (χ3v) is 6.95. The van der Waals surface area contributed by atoms with Crippen LogP contribution in [0.3, 0.4) is 0 Å². The number of hydrogen-bond acceptors (Lipinski definition) is 4. The fourth-order valence-corrected chi connectivity index (χ4v) is 5.76. The Balaban J connectivity index is 1.54. The molecule has 3 fully saturated rings. The molecule has 0 spiro atoms. The van der Waals surface area contributed by atoms with Crippen LogP contribution in [0.25, 0.3) is 0 Å². The molecule has 1 aromatic rings. The summed E-state index contributed by atoms with van der Waals surface area (Å²) >= 11 is 0. The molecule has 2 aliphatic heterocycles. The summed E-state index contributed by atoms with van der Waals surface area (Å²) in [5, 5.41) is 0. The first-order valence-electron chi connectivity index (χ1n) is 11.1. The quantitative estimate of drug-likeness (QED) is 0.742. The summed E-state index contributed by atoms with van der Waals surface area (Å²) in [7, 11) is 1.72. The lowest BCUT2D eigenvalue weighted by Crippen LogP contribution is -2.59. The first kappa shape index (κ1) is 19.1. The molecule has 3 aliphatic rings. The van der Waals surface area contributed by atoms with Crippen molar-refractivity contribution < 1.29 is 9.47 Å². The van der Waals surface area contributed by atoms with E-state index in [1.165, 1.54) is 70.1 Å². The molecule has 0 bridgehead atoms. The maximum Gasteiger partial charge on any atom is 0.161 e. The minimum absolute atomic E-state index is 0.672. The summed E-state index contributed by atoms with van der Waals surface area (Å²) in [6.07, 6.45) is 9.94. The van der Waals surface area contributed by atoms with Crippen LogP contribution in [-0.2, 0) is 6.54 Å².